The van der Waals surface area contributed by atoms with Crippen LogP contribution in [0.15, 0.2) is 41.0 Å². The molecule has 2 aromatic rings. The highest BCUT2D eigenvalue weighted by Gasteiger charge is 2.25. The average molecular weight is 385 g/mol. The number of carbonyl (C=O) groups is 1. The lowest BCUT2D eigenvalue weighted by Crippen LogP contribution is -2.52. The first kappa shape index (κ1) is 20.6. The molecule has 1 aromatic heterocycles. The molecule has 0 bridgehead atoms. The Balaban J connectivity index is 1.48. The summed E-state index contributed by atoms with van der Waals surface area (Å²) < 4.78 is 5.67. The maximum absolute atomic E-state index is 12.7. The number of oxazole rings is 1. The van der Waals surface area contributed by atoms with Crippen LogP contribution in [0.5, 0.6) is 0 Å². The molecular weight excluding hydrogens is 352 g/mol. The topological polar surface area (TPSA) is 52.8 Å². The van der Waals surface area contributed by atoms with Crippen LogP contribution in [0.25, 0.3) is 11.3 Å². The molecule has 1 amide bonds. The summed E-state index contributed by atoms with van der Waals surface area (Å²) in [5.41, 5.74) is 1.95. The van der Waals surface area contributed by atoms with Crippen LogP contribution in [0.3, 0.4) is 0 Å². The standard InChI is InChI=1S/C22H32N4O2/c1-17(2)26(18(3)4)22(27)15-25-12-10-24(11-13-25)14-21-23-20(16-28-21)19-8-6-5-7-9-19/h5-9,16-18H,10-15H2,1-4H3. The van der Waals surface area contributed by atoms with E-state index < -0.39 is 0 Å². The number of benzene rings is 1. The number of carbonyl (C=O) groups excluding carboxylic acids is 1. The highest BCUT2D eigenvalue weighted by Crippen LogP contribution is 2.19. The Morgan fingerprint density at radius 3 is 2.25 bits per heavy atom. The number of piperazine rings is 1. The van der Waals surface area contributed by atoms with Crippen LogP contribution < -0.4 is 0 Å². The van der Waals surface area contributed by atoms with Crippen molar-refractivity contribution < 1.29 is 9.21 Å². The van der Waals surface area contributed by atoms with Crippen molar-refractivity contribution in [3.8, 4) is 11.3 Å². The Kier molecular flexibility index (Phi) is 6.86. The summed E-state index contributed by atoms with van der Waals surface area (Å²) in [6, 6.07) is 10.5. The average Bonchev–Trinajstić information content (AvgIpc) is 3.12. The Hall–Kier alpha value is -2.18. The van der Waals surface area contributed by atoms with Crippen molar-refractivity contribution >= 4 is 5.91 Å². The zero-order valence-corrected chi connectivity index (χ0v) is 17.5. The molecule has 28 heavy (non-hydrogen) atoms. The van der Waals surface area contributed by atoms with Gasteiger partial charge in [0.25, 0.3) is 0 Å². The highest BCUT2D eigenvalue weighted by atomic mass is 16.3. The number of amides is 1. The monoisotopic (exact) mass is 384 g/mol. The van der Waals surface area contributed by atoms with E-state index in [-0.39, 0.29) is 18.0 Å². The third kappa shape index (κ3) is 5.20. The second kappa shape index (κ2) is 9.34. The third-order valence-corrected chi connectivity index (χ3v) is 5.20. The summed E-state index contributed by atoms with van der Waals surface area (Å²) in [7, 11) is 0. The van der Waals surface area contributed by atoms with E-state index >= 15 is 0 Å². The van der Waals surface area contributed by atoms with Gasteiger partial charge in [-0.3, -0.25) is 14.6 Å². The zero-order valence-electron chi connectivity index (χ0n) is 17.5. The molecule has 1 saturated heterocycles. The second-order valence-corrected chi connectivity index (χ2v) is 8.03. The number of nitrogens with zero attached hydrogens (tertiary/aromatic N) is 4. The third-order valence-electron chi connectivity index (χ3n) is 5.20. The first-order valence-corrected chi connectivity index (χ1v) is 10.2. The van der Waals surface area contributed by atoms with Gasteiger partial charge in [-0.15, -0.1) is 0 Å². The van der Waals surface area contributed by atoms with Gasteiger partial charge in [0.2, 0.25) is 11.8 Å². The fraction of sp³-hybridized carbons (Fsp3) is 0.545. The van der Waals surface area contributed by atoms with Gasteiger partial charge < -0.3 is 9.32 Å². The maximum atomic E-state index is 12.7. The summed E-state index contributed by atoms with van der Waals surface area (Å²) in [5, 5.41) is 0. The second-order valence-electron chi connectivity index (χ2n) is 8.03. The van der Waals surface area contributed by atoms with Crippen molar-refractivity contribution in [2.45, 2.75) is 46.3 Å². The molecule has 0 saturated carbocycles. The molecule has 1 aromatic carbocycles. The van der Waals surface area contributed by atoms with Crippen LogP contribution in [0.4, 0.5) is 0 Å². The lowest BCUT2D eigenvalue weighted by atomic mass is 10.2. The molecule has 0 aliphatic carbocycles. The number of aromatic nitrogens is 1. The maximum Gasteiger partial charge on any atom is 0.237 e. The summed E-state index contributed by atoms with van der Waals surface area (Å²) in [5.74, 6) is 0.966. The molecule has 152 valence electrons. The van der Waals surface area contributed by atoms with Crippen molar-refractivity contribution in [3.63, 3.8) is 0 Å². The van der Waals surface area contributed by atoms with Crippen molar-refractivity contribution in [1.82, 2.24) is 19.7 Å². The summed E-state index contributed by atoms with van der Waals surface area (Å²) in [4.78, 5) is 23.8. The van der Waals surface area contributed by atoms with Crippen LogP contribution in [-0.4, -0.2) is 70.4 Å². The number of hydrogen-bond acceptors (Lipinski definition) is 5. The Morgan fingerprint density at radius 1 is 1.04 bits per heavy atom. The minimum absolute atomic E-state index is 0.221. The van der Waals surface area contributed by atoms with Crippen molar-refractivity contribution in [3.05, 3.63) is 42.5 Å². The van der Waals surface area contributed by atoms with Crippen LogP contribution >= 0.6 is 0 Å². The van der Waals surface area contributed by atoms with Crippen molar-refractivity contribution in [2.24, 2.45) is 0 Å². The number of rotatable bonds is 7. The fourth-order valence-electron chi connectivity index (χ4n) is 3.87. The Bertz CT molecular complexity index is 741. The van der Waals surface area contributed by atoms with E-state index in [4.69, 9.17) is 4.42 Å². The quantitative estimate of drug-likeness (QED) is 0.734. The summed E-state index contributed by atoms with van der Waals surface area (Å²) in [6.07, 6.45) is 1.73. The largest absolute Gasteiger partial charge is 0.447 e. The molecule has 0 atom stereocenters. The molecule has 3 rings (SSSR count). The predicted octanol–water partition coefficient (Wildman–Crippen LogP) is 3.10. The smallest absolute Gasteiger partial charge is 0.237 e. The molecule has 0 unspecified atom stereocenters. The summed E-state index contributed by atoms with van der Waals surface area (Å²) in [6.45, 7) is 13.1. The van der Waals surface area contributed by atoms with E-state index in [0.717, 1.165) is 43.3 Å². The van der Waals surface area contributed by atoms with E-state index in [0.29, 0.717) is 13.1 Å². The molecule has 6 nitrogen and oxygen atoms in total. The van der Waals surface area contributed by atoms with Crippen LogP contribution in [0, 0.1) is 0 Å². The Morgan fingerprint density at radius 2 is 1.64 bits per heavy atom. The lowest BCUT2D eigenvalue weighted by molar-refractivity contribution is -0.136. The minimum Gasteiger partial charge on any atom is -0.447 e. The van der Waals surface area contributed by atoms with Gasteiger partial charge in [-0.25, -0.2) is 4.98 Å². The molecule has 1 fully saturated rings. The minimum atomic E-state index is 0.221. The van der Waals surface area contributed by atoms with Gasteiger partial charge in [0.15, 0.2) is 0 Å². The van der Waals surface area contributed by atoms with Crippen LogP contribution in [-0.2, 0) is 11.3 Å². The molecule has 6 heteroatoms. The van der Waals surface area contributed by atoms with Gasteiger partial charge in [0.05, 0.1) is 13.1 Å². The van der Waals surface area contributed by atoms with Gasteiger partial charge in [0, 0.05) is 43.8 Å². The van der Waals surface area contributed by atoms with E-state index in [1.54, 1.807) is 6.26 Å². The molecule has 2 heterocycles. The molecular formula is C22H32N4O2. The van der Waals surface area contributed by atoms with Gasteiger partial charge >= 0.3 is 0 Å². The Labute approximate surface area is 168 Å². The van der Waals surface area contributed by atoms with E-state index in [2.05, 4.69) is 42.5 Å². The normalized spacial score (nSPS) is 16.1. The first-order chi connectivity index (χ1) is 13.4. The van der Waals surface area contributed by atoms with E-state index in [9.17, 15) is 4.79 Å². The fourth-order valence-corrected chi connectivity index (χ4v) is 3.87. The molecule has 0 N–H and O–H groups in total. The van der Waals surface area contributed by atoms with E-state index in [1.165, 1.54) is 0 Å². The van der Waals surface area contributed by atoms with Crippen molar-refractivity contribution in [2.75, 3.05) is 32.7 Å². The molecule has 0 spiro atoms. The van der Waals surface area contributed by atoms with Gasteiger partial charge in [0.1, 0.15) is 12.0 Å². The van der Waals surface area contributed by atoms with E-state index in [1.807, 2.05) is 35.2 Å². The van der Waals surface area contributed by atoms with Gasteiger partial charge in [-0.05, 0) is 27.7 Å². The molecule has 0 radical (unpaired) electrons. The first-order valence-electron chi connectivity index (χ1n) is 10.2. The van der Waals surface area contributed by atoms with Crippen LogP contribution in [0.2, 0.25) is 0 Å². The van der Waals surface area contributed by atoms with Gasteiger partial charge in [-0.2, -0.15) is 0 Å². The number of hydrogen-bond donors (Lipinski definition) is 0. The molecule has 1 aliphatic rings. The zero-order chi connectivity index (χ0) is 20.1. The predicted molar refractivity (Wildman–Crippen MR) is 111 cm³/mol. The van der Waals surface area contributed by atoms with Crippen molar-refractivity contribution in [1.29, 1.82) is 0 Å². The highest BCUT2D eigenvalue weighted by molar-refractivity contribution is 5.78. The molecule has 1 aliphatic heterocycles. The van der Waals surface area contributed by atoms with Gasteiger partial charge in [-0.1, -0.05) is 30.3 Å². The SMILES string of the molecule is CC(C)N(C(=O)CN1CCN(Cc2nc(-c3ccccc3)co2)CC1)C(C)C. The van der Waals surface area contributed by atoms with Crippen LogP contribution in [0.1, 0.15) is 33.6 Å². The lowest BCUT2D eigenvalue weighted by Gasteiger charge is -2.37. The summed E-state index contributed by atoms with van der Waals surface area (Å²) >= 11 is 0.